The molecule has 0 spiro atoms. The van der Waals surface area contributed by atoms with Gasteiger partial charge in [-0.3, -0.25) is 14.4 Å². The first kappa shape index (κ1) is 25.7. The molecule has 0 bridgehead atoms. The minimum absolute atomic E-state index is 0.142. The predicted molar refractivity (Wildman–Crippen MR) is 142 cm³/mol. The molecular formula is C28H24ClN3O5. The van der Waals surface area contributed by atoms with Gasteiger partial charge in [-0.2, -0.15) is 0 Å². The Bertz CT molecular complexity index is 1430. The summed E-state index contributed by atoms with van der Waals surface area (Å²) in [5.41, 5.74) is 2.75. The van der Waals surface area contributed by atoms with Crippen LogP contribution < -0.4 is 15.5 Å². The molecule has 1 aliphatic heterocycles. The van der Waals surface area contributed by atoms with Crippen LogP contribution in [-0.2, 0) is 14.3 Å². The molecule has 2 N–H and O–H groups in total. The molecular weight excluding hydrogens is 494 g/mol. The molecule has 8 nitrogen and oxygen atoms in total. The van der Waals surface area contributed by atoms with E-state index < -0.39 is 17.8 Å². The molecule has 188 valence electrons. The van der Waals surface area contributed by atoms with Gasteiger partial charge < -0.3 is 15.4 Å². The molecule has 3 amide bonds. The lowest BCUT2D eigenvalue weighted by molar-refractivity contribution is -0.120. The fourth-order valence-corrected chi connectivity index (χ4v) is 3.99. The Morgan fingerprint density at radius 3 is 2.22 bits per heavy atom. The van der Waals surface area contributed by atoms with Gasteiger partial charge in [0.05, 0.1) is 18.4 Å². The predicted octanol–water partition coefficient (Wildman–Crippen LogP) is 5.28. The number of esters is 1. The first-order valence-electron chi connectivity index (χ1n) is 11.4. The van der Waals surface area contributed by atoms with Crippen LogP contribution in [0, 0.1) is 0 Å². The summed E-state index contributed by atoms with van der Waals surface area (Å²) in [4.78, 5) is 51.5. The lowest BCUT2D eigenvalue weighted by atomic mass is 10.0. The summed E-state index contributed by atoms with van der Waals surface area (Å²) in [5.74, 6) is -2.00. The second kappa shape index (κ2) is 10.7. The van der Waals surface area contributed by atoms with Gasteiger partial charge >= 0.3 is 5.97 Å². The smallest absolute Gasteiger partial charge is 0.337 e. The van der Waals surface area contributed by atoms with Crippen molar-refractivity contribution in [2.24, 2.45) is 0 Å². The van der Waals surface area contributed by atoms with Gasteiger partial charge in [-0.25, -0.2) is 9.69 Å². The molecule has 0 radical (unpaired) electrons. The second-order valence-electron chi connectivity index (χ2n) is 8.61. The van der Waals surface area contributed by atoms with Crippen molar-refractivity contribution in [3.8, 4) is 0 Å². The summed E-state index contributed by atoms with van der Waals surface area (Å²) in [6.07, 6.45) is 0. The molecule has 3 aromatic rings. The largest absolute Gasteiger partial charge is 0.465 e. The van der Waals surface area contributed by atoms with Crippen molar-refractivity contribution in [2.45, 2.75) is 19.8 Å². The van der Waals surface area contributed by atoms with E-state index in [1.165, 1.54) is 31.4 Å². The number of amides is 3. The molecule has 0 aromatic heterocycles. The average molecular weight is 518 g/mol. The highest BCUT2D eigenvalue weighted by atomic mass is 35.5. The van der Waals surface area contributed by atoms with E-state index in [1.807, 2.05) is 24.3 Å². The summed E-state index contributed by atoms with van der Waals surface area (Å²) in [6, 6.07) is 20.0. The number of hydrogen-bond donors (Lipinski definition) is 2. The molecule has 0 saturated carbocycles. The van der Waals surface area contributed by atoms with E-state index in [1.54, 1.807) is 24.3 Å². The van der Waals surface area contributed by atoms with E-state index in [2.05, 4.69) is 24.5 Å². The normalized spacial score (nSPS) is 13.3. The van der Waals surface area contributed by atoms with Crippen molar-refractivity contribution >= 4 is 52.4 Å². The Hall–Kier alpha value is -4.43. The van der Waals surface area contributed by atoms with E-state index >= 15 is 0 Å². The van der Waals surface area contributed by atoms with Crippen LogP contribution in [0.3, 0.4) is 0 Å². The number of methoxy groups -OCH3 is 1. The Morgan fingerprint density at radius 1 is 0.865 bits per heavy atom. The number of carbonyl (C=O) groups excluding carboxylic acids is 4. The molecule has 0 unspecified atom stereocenters. The molecule has 37 heavy (non-hydrogen) atoms. The van der Waals surface area contributed by atoms with Crippen molar-refractivity contribution in [3.63, 3.8) is 0 Å². The van der Waals surface area contributed by atoms with Gasteiger partial charge in [0.15, 0.2) is 0 Å². The number of imide groups is 1. The SMILES string of the molecule is COC(=O)c1cccc(N2C(=O)C(Cl)=C(Nc3cccc(C(=O)Nc4ccc(C(C)C)cc4)c3)C2=O)c1. The van der Waals surface area contributed by atoms with Crippen LogP contribution in [-0.4, -0.2) is 30.8 Å². The third-order valence-corrected chi connectivity index (χ3v) is 6.13. The van der Waals surface area contributed by atoms with Crippen molar-refractivity contribution in [2.75, 3.05) is 22.6 Å². The van der Waals surface area contributed by atoms with Gasteiger partial charge in [-0.05, 0) is 60.0 Å². The number of benzene rings is 3. The number of nitrogens with one attached hydrogen (secondary N) is 2. The molecule has 1 heterocycles. The Kier molecular flexibility index (Phi) is 7.40. The lowest BCUT2D eigenvalue weighted by Crippen LogP contribution is -2.32. The fraction of sp³-hybridized carbons (Fsp3) is 0.143. The molecule has 9 heteroatoms. The number of halogens is 1. The minimum atomic E-state index is -0.741. The van der Waals surface area contributed by atoms with Crippen molar-refractivity contribution in [1.29, 1.82) is 0 Å². The summed E-state index contributed by atoms with van der Waals surface area (Å²) in [5, 5.41) is 5.40. The monoisotopic (exact) mass is 517 g/mol. The molecule has 1 aliphatic rings. The summed E-state index contributed by atoms with van der Waals surface area (Å²) >= 11 is 6.23. The number of ether oxygens (including phenoxy) is 1. The number of nitrogens with zero attached hydrogens (tertiary/aromatic N) is 1. The topological polar surface area (TPSA) is 105 Å². The van der Waals surface area contributed by atoms with Gasteiger partial charge in [0.2, 0.25) is 0 Å². The van der Waals surface area contributed by atoms with Crippen LogP contribution in [0.1, 0.15) is 46.0 Å². The number of hydrogen-bond acceptors (Lipinski definition) is 6. The third kappa shape index (κ3) is 5.39. The summed E-state index contributed by atoms with van der Waals surface area (Å²) < 4.78 is 4.70. The Balaban J connectivity index is 1.51. The number of carbonyl (C=O) groups is 4. The van der Waals surface area contributed by atoms with Crippen LogP contribution in [0.4, 0.5) is 17.1 Å². The van der Waals surface area contributed by atoms with Gasteiger partial charge in [0.25, 0.3) is 17.7 Å². The van der Waals surface area contributed by atoms with Gasteiger partial charge in [-0.15, -0.1) is 0 Å². The highest BCUT2D eigenvalue weighted by molar-refractivity contribution is 6.53. The van der Waals surface area contributed by atoms with Crippen LogP contribution >= 0.6 is 11.6 Å². The Morgan fingerprint density at radius 2 is 1.54 bits per heavy atom. The van der Waals surface area contributed by atoms with Crippen molar-refractivity contribution in [1.82, 2.24) is 0 Å². The van der Waals surface area contributed by atoms with E-state index in [0.29, 0.717) is 22.9 Å². The molecule has 3 aromatic carbocycles. The zero-order valence-electron chi connectivity index (χ0n) is 20.4. The maximum Gasteiger partial charge on any atom is 0.337 e. The number of rotatable bonds is 7. The van der Waals surface area contributed by atoms with Crippen LogP contribution in [0.25, 0.3) is 0 Å². The van der Waals surface area contributed by atoms with Crippen LogP contribution in [0.5, 0.6) is 0 Å². The van der Waals surface area contributed by atoms with Gasteiger partial charge in [0.1, 0.15) is 10.7 Å². The minimum Gasteiger partial charge on any atom is -0.465 e. The quantitative estimate of drug-likeness (QED) is 0.326. The number of anilines is 3. The van der Waals surface area contributed by atoms with Crippen LogP contribution in [0.15, 0.2) is 83.5 Å². The summed E-state index contributed by atoms with van der Waals surface area (Å²) in [7, 11) is 1.23. The highest BCUT2D eigenvalue weighted by Crippen LogP contribution is 2.31. The molecule has 0 fully saturated rings. The lowest BCUT2D eigenvalue weighted by Gasteiger charge is -2.16. The van der Waals surface area contributed by atoms with Gasteiger partial charge in [0, 0.05) is 16.9 Å². The maximum absolute atomic E-state index is 13.1. The average Bonchev–Trinajstić information content (AvgIpc) is 3.11. The fourth-order valence-electron chi connectivity index (χ4n) is 3.77. The van der Waals surface area contributed by atoms with Crippen molar-refractivity contribution in [3.05, 3.63) is 100 Å². The first-order valence-corrected chi connectivity index (χ1v) is 11.8. The maximum atomic E-state index is 13.1. The molecule has 0 atom stereocenters. The second-order valence-corrected chi connectivity index (χ2v) is 8.99. The third-order valence-electron chi connectivity index (χ3n) is 5.78. The zero-order chi connectivity index (χ0) is 26.7. The van der Waals surface area contributed by atoms with E-state index in [9.17, 15) is 19.2 Å². The standard InChI is InChI=1S/C28H24ClN3O5/c1-16(2)17-10-12-20(13-11-17)31-25(33)18-6-4-8-21(14-18)30-24-23(29)26(34)32(27(24)35)22-9-5-7-19(15-22)28(36)37-3/h4-16,30H,1-3H3,(H,31,33). The summed E-state index contributed by atoms with van der Waals surface area (Å²) in [6.45, 7) is 4.18. The van der Waals surface area contributed by atoms with Gasteiger partial charge in [-0.1, -0.05) is 49.7 Å². The van der Waals surface area contributed by atoms with Crippen molar-refractivity contribution < 1.29 is 23.9 Å². The molecule has 0 saturated heterocycles. The molecule has 0 aliphatic carbocycles. The van der Waals surface area contributed by atoms with Crippen LogP contribution in [0.2, 0.25) is 0 Å². The van der Waals surface area contributed by atoms with E-state index in [-0.39, 0.29) is 27.9 Å². The van der Waals surface area contributed by atoms with E-state index in [4.69, 9.17) is 16.3 Å². The van der Waals surface area contributed by atoms with E-state index in [0.717, 1.165) is 10.5 Å². The molecule has 4 rings (SSSR count). The Labute approximate surface area is 218 Å². The first-order chi connectivity index (χ1) is 17.7. The highest BCUT2D eigenvalue weighted by Gasteiger charge is 2.39. The zero-order valence-corrected chi connectivity index (χ0v) is 21.1.